The number of furan rings is 1. The SMILES string of the molecule is BrCCCCn1cc(-c2ccoc2)c2ccccc21. The average Bonchev–Trinajstić information content (AvgIpc) is 3.07. The molecule has 0 unspecified atom stereocenters. The number of aromatic nitrogens is 1. The van der Waals surface area contributed by atoms with Gasteiger partial charge in [-0.25, -0.2) is 0 Å². The Morgan fingerprint density at radius 3 is 2.79 bits per heavy atom. The van der Waals surface area contributed by atoms with Crippen LogP contribution in [0.1, 0.15) is 12.8 Å². The Bertz CT molecular complexity index is 655. The Balaban J connectivity index is 2.03. The molecule has 19 heavy (non-hydrogen) atoms. The molecule has 0 radical (unpaired) electrons. The number of benzene rings is 1. The summed E-state index contributed by atoms with van der Waals surface area (Å²) >= 11 is 3.49. The van der Waals surface area contributed by atoms with E-state index >= 15 is 0 Å². The summed E-state index contributed by atoms with van der Waals surface area (Å²) in [7, 11) is 0. The Kier molecular flexibility index (Phi) is 3.74. The van der Waals surface area contributed by atoms with Crippen LogP contribution in [0.5, 0.6) is 0 Å². The quantitative estimate of drug-likeness (QED) is 0.474. The first-order chi connectivity index (χ1) is 9.40. The van der Waals surface area contributed by atoms with Crippen molar-refractivity contribution in [3.63, 3.8) is 0 Å². The lowest BCUT2D eigenvalue weighted by molar-refractivity contribution is 0.568. The van der Waals surface area contributed by atoms with E-state index in [0.717, 1.165) is 17.4 Å². The monoisotopic (exact) mass is 317 g/mol. The van der Waals surface area contributed by atoms with Gasteiger partial charge in [-0.1, -0.05) is 34.1 Å². The summed E-state index contributed by atoms with van der Waals surface area (Å²) in [5.74, 6) is 0. The van der Waals surface area contributed by atoms with E-state index in [9.17, 15) is 0 Å². The molecule has 3 heteroatoms. The third-order valence-corrected chi connectivity index (χ3v) is 3.96. The maximum atomic E-state index is 5.21. The van der Waals surface area contributed by atoms with Crippen molar-refractivity contribution in [2.75, 3.05) is 5.33 Å². The molecule has 0 aliphatic heterocycles. The minimum absolute atomic E-state index is 1.06. The van der Waals surface area contributed by atoms with Gasteiger partial charge in [0.15, 0.2) is 0 Å². The predicted octanol–water partition coefficient (Wildman–Crippen LogP) is 5.08. The van der Waals surface area contributed by atoms with Crippen LogP contribution in [-0.4, -0.2) is 9.90 Å². The molecule has 0 N–H and O–H groups in total. The zero-order valence-corrected chi connectivity index (χ0v) is 12.3. The Hall–Kier alpha value is -1.48. The highest BCUT2D eigenvalue weighted by Crippen LogP contribution is 2.31. The van der Waals surface area contributed by atoms with Gasteiger partial charge in [-0.3, -0.25) is 0 Å². The van der Waals surface area contributed by atoms with Crippen LogP contribution in [0.3, 0.4) is 0 Å². The molecular weight excluding hydrogens is 302 g/mol. The number of hydrogen-bond donors (Lipinski definition) is 0. The summed E-state index contributed by atoms with van der Waals surface area (Å²) in [4.78, 5) is 0. The van der Waals surface area contributed by atoms with E-state index in [-0.39, 0.29) is 0 Å². The lowest BCUT2D eigenvalue weighted by Crippen LogP contribution is -1.95. The minimum Gasteiger partial charge on any atom is -0.472 e. The highest BCUT2D eigenvalue weighted by molar-refractivity contribution is 9.09. The number of unbranched alkanes of at least 4 members (excludes halogenated alkanes) is 1. The molecule has 2 aromatic heterocycles. The molecule has 0 atom stereocenters. The van der Waals surface area contributed by atoms with Crippen LogP contribution in [0.25, 0.3) is 22.0 Å². The molecule has 0 bridgehead atoms. The molecule has 0 amide bonds. The van der Waals surface area contributed by atoms with Crippen molar-refractivity contribution in [3.8, 4) is 11.1 Å². The fourth-order valence-corrected chi connectivity index (χ4v) is 2.85. The van der Waals surface area contributed by atoms with Gasteiger partial charge in [-0.15, -0.1) is 0 Å². The van der Waals surface area contributed by atoms with Crippen molar-refractivity contribution in [2.45, 2.75) is 19.4 Å². The molecule has 2 nitrogen and oxygen atoms in total. The van der Waals surface area contributed by atoms with E-state index < -0.39 is 0 Å². The van der Waals surface area contributed by atoms with Gasteiger partial charge in [-0.2, -0.15) is 0 Å². The van der Waals surface area contributed by atoms with Crippen LogP contribution in [0.15, 0.2) is 53.5 Å². The molecule has 0 aliphatic carbocycles. The summed E-state index contributed by atoms with van der Waals surface area (Å²) in [5.41, 5.74) is 3.70. The minimum atomic E-state index is 1.06. The molecule has 2 heterocycles. The zero-order chi connectivity index (χ0) is 13.1. The molecule has 98 valence electrons. The van der Waals surface area contributed by atoms with Crippen LogP contribution < -0.4 is 0 Å². The zero-order valence-electron chi connectivity index (χ0n) is 10.7. The second-order valence-corrected chi connectivity index (χ2v) is 5.45. The molecule has 3 aromatic rings. The molecule has 1 aromatic carbocycles. The van der Waals surface area contributed by atoms with Gasteiger partial charge < -0.3 is 8.98 Å². The Labute approximate surface area is 121 Å². The van der Waals surface area contributed by atoms with Crippen molar-refractivity contribution in [1.82, 2.24) is 4.57 Å². The van der Waals surface area contributed by atoms with Gasteiger partial charge in [0, 0.05) is 40.1 Å². The third-order valence-electron chi connectivity index (χ3n) is 3.40. The molecule has 3 rings (SSSR count). The molecule has 0 fully saturated rings. The summed E-state index contributed by atoms with van der Waals surface area (Å²) < 4.78 is 7.56. The lowest BCUT2D eigenvalue weighted by Gasteiger charge is -2.03. The van der Waals surface area contributed by atoms with Gasteiger partial charge in [-0.05, 0) is 25.0 Å². The van der Waals surface area contributed by atoms with Gasteiger partial charge in [0.1, 0.15) is 0 Å². The van der Waals surface area contributed by atoms with Crippen molar-refractivity contribution in [3.05, 3.63) is 49.1 Å². The second-order valence-electron chi connectivity index (χ2n) is 4.66. The first kappa shape index (κ1) is 12.5. The summed E-state index contributed by atoms with van der Waals surface area (Å²) in [6.45, 7) is 1.06. The van der Waals surface area contributed by atoms with Crippen molar-refractivity contribution >= 4 is 26.8 Å². The topological polar surface area (TPSA) is 18.1 Å². The lowest BCUT2D eigenvalue weighted by atomic mass is 10.1. The smallest absolute Gasteiger partial charge is 0.0981 e. The van der Waals surface area contributed by atoms with Crippen molar-refractivity contribution in [2.24, 2.45) is 0 Å². The number of aryl methyl sites for hydroxylation is 1. The molecule has 0 saturated carbocycles. The van der Waals surface area contributed by atoms with Crippen LogP contribution >= 0.6 is 15.9 Å². The van der Waals surface area contributed by atoms with E-state index in [2.05, 4.69) is 51.0 Å². The predicted molar refractivity (Wildman–Crippen MR) is 82.7 cm³/mol. The number of hydrogen-bond acceptors (Lipinski definition) is 1. The summed E-state index contributed by atoms with van der Waals surface area (Å²) in [5, 5.41) is 2.36. The van der Waals surface area contributed by atoms with E-state index in [1.54, 1.807) is 6.26 Å². The van der Waals surface area contributed by atoms with E-state index in [4.69, 9.17) is 4.42 Å². The van der Waals surface area contributed by atoms with Crippen molar-refractivity contribution in [1.29, 1.82) is 0 Å². The largest absolute Gasteiger partial charge is 0.472 e. The number of para-hydroxylation sites is 1. The first-order valence-electron chi connectivity index (χ1n) is 6.56. The fraction of sp³-hybridized carbons (Fsp3) is 0.250. The van der Waals surface area contributed by atoms with Crippen LogP contribution in [0.4, 0.5) is 0 Å². The summed E-state index contributed by atoms with van der Waals surface area (Å²) in [6, 6.07) is 10.6. The van der Waals surface area contributed by atoms with Gasteiger partial charge in [0.25, 0.3) is 0 Å². The Morgan fingerprint density at radius 2 is 2.00 bits per heavy atom. The van der Waals surface area contributed by atoms with Gasteiger partial charge >= 0.3 is 0 Å². The number of fused-ring (bicyclic) bond motifs is 1. The van der Waals surface area contributed by atoms with Gasteiger partial charge in [0.05, 0.1) is 12.5 Å². The van der Waals surface area contributed by atoms with Crippen molar-refractivity contribution < 1.29 is 4.42 Å². The molecule has 0 spiro atoms. The first-order valence-corrected chi connectivity index (χ1v) is 7.68. The van der Waals surface area contributed by atoms with Crippen LogP contribution in [0, 0.1) is 0 Å². The van der Waals surface area contributed by atoms with E-state index in [1.165, 1.54) is 29.3 Å². The van der Waals surface area contributed by atoms with E-state index in [0.29, 0.717) is 0 Å². The third kappa shape index (κ3) is 2.47. The van der Waals surface area contributed by atoms with E-state index in [1.807, 2.05) is 12.3 Å². The molecular formula is C16H16BrNO. The fourth-order valence-electron chi connectivity index (χ4n) is 2.46. The standard InChI is InChI=1S/C16H16BrNO/c17-8-3-4-9-18-11-15(13-7-10-19-12-13)14-5-1-2-6-16(14)18/h1-2,5-7,10-12H,3-4,8-9H2. The number of halogens is 1. The van der Waals surface area contributed by atoms with Crippen LogP contribution in [-0.2, 0) is 6.54 Å². The maximum absolute atomic E-state index is 5.21. The van der Waals surface area contributed by atoms with Crippen LogP contribution in [0.2, 0.25) is 0 Å². The Morgan fingerprint density at radius 1 is 1.11 bits per heavy atom. The number of alkyl halides is 1. The summed E-state index contributed by atoms with van der Waals surface area (Å²) in [6.07, 6.45) is 8.17. The number of rotatable bonds is 5. The van der Waals surface area contributed by atoms with Gasteiger partial charge in [0.2, 0.25) is 0 Å². The average molecular weight is 318 g/mol. The molecule has 0 saturated heterocycles. The number of nitrogens with zero attached hydrogens (tertiary/aromatic N) is 1. The highest BCUT2D eigenvalue weighted by Gasteiger charge is 2.10. The second kappa shape index (κ2) is 5.66. The normalized spacial score (nSPS) is 11.2. The highest BCUT2D eigenvalue weighted by atomic mass is 79.9. The molecule has 0 aliphatic rings. The maximum Gasteiger partial charge on any atom is 0.0981 e.